The largest absolute Gasteiger partial charge is 0.497 e. The third-order valence-corrected chi connectivity index (χ3v) is 5.17. The first-order valence-electron chi connectivity index (χ1n) is 8.98. The molecule has 0 unspecified atom stereocenters. The van der Waals surface area contributed by atoms with Crippen molar-refractivity contribution in [2.75, 3.05) is 24.9 Å². The number of ether oxygens (including phenoxy) is 2. The maximum Gasteiger partial charge on any atom is 0.316 e. The molecule has 3 rings (SSSR count). The van der Waals surface area contributed by atoms with Crippen LogP contribution >= 0.6 is 11.8 Å². The summed E-state index contributed by atoms with van der Waals surface area (Å²) in [6.45, 7) is 3.95. The third kappa shape index (κ3) is 4.86. The molecule has 0 spiro atoms. The van der Waals surface area contributed by atoms with Crippen LogP contribution in [0.15, 0.2) is 53.2 Å². The van der Waals surface area contributed by atoms with Crippen LogP contribution in [0.2, 0.25) is 0 Å². The summed E-state index contributed by atoms with van der Waals surface area (Å²) in [6, 6.07) is 13.3. The monoisotopic (exact) mass is 410 g/mol. The van der Waals surface area contributed by atoms with Crippen molar-refractivity contribution < 1.29 is 19.1 Å². The predicted molar refractivity (Wildman–Crippen MR) is 116 cm³/mol. The normalized spacial score (nSPS) is 14.9. The van der Waals surface area contributed by atoms with E-state index in [2.05, 4.69) is 4.99 Å². The molecule has 0 aromatic heterocycles. The van der Waals surface area contributed by atoms with Crippen LogP contribution in [0.25, 0.3) is 6.08 Å². The van der Waals surface area contributed by atoms with Gasteiger partial charge in [0.15, 0.2) is 5.17 Å². The van der Waals surface area contributed by atoms with Crippen LogP contribution in [-0.4, -0.2) is 37.0 Å². The van der Waals surface area contributed by atoms with Crippen molar-refractivity contribution in [1.29, 1.82) is 0 Å². The number of amidine groups is 1. The van der Waals surface area contributed by atoms with Crippen LogP contribution < -0.4 is 9.64 Å². The van der Waals surface area contributed by atoms with E-state index < -0.39 is 0 Å². The maximum atomic E-state index is 13.2. The molecule has 0 N–H and O–H groups in total. The molecule has 0 atom stereocenters. The molecule has 1 aliphatic rings. The molecule has 2 aromatic rings. The molecule has 0 radical (unpaired) electrons. The van der Waals surface area contributed by atoms with E-state index in [4.69, 9.17) is 9.47 Å². The van der Waals surface area contributed by atoms with Crippen LogP contribution in [0.5, 0.6) is 5.75 Å². The lowest BCUT2D eigenvalue weighted by atomic mass is 10.1. The number of nitrogens with zero attached hydrogens (tertiary/aromatic N) is 2. The number of hydrogen-bond acceptors (Lipinski definition) is 6. The highest BCUT2D eigenvalue weighted by Gasteiger charge is 2.32. The summed E-state index contributed by atoms with van der Waals surface area (Å²) >= 11 is 1.18. The smallest absolute Gasteiger partial charge is 0.316 e. The summed E-state index contributed by atoms with van der Waals surface area (Å²) in [4.78, 5) is 30.8. The number of methoxy groups -OCH3 is 2. The molecule has 0 bridgehead atoms. The Morgan fingerprint density at radius 1 is 1.10 bits per heavy atom. The summed E-state index contributed by atoms with van der Waals surface area (Å²) in [5, 5.41) is 0.449. The number of rotatable bonds is 5. The summed E-state index contributed by atoms with van der Waals surface area (Å²) in [7, 11) is 2.94. The summed E-state index contributed by atoms with van der Waals surface area (Å²) < 4.78 is 9.88. The predicted octanol–water partition coefficient (Wildman–Crippen LogP) is 3.96. The Hall–Kier alpha value is -3.06. The SMILES string of the molecule is COC(=O)CSC1=NC(=Cc2ccc(OC)cc2)C(=O)N1c1cc(C)cc(C)c1. The summed E-state index contributed by atoms with van der Waals surface area (Å²) in [5.41, 5.74) is 3.94. The lowest BCUT2D eigenvalue weighted by molar-refractivity contribution is -0.137. The van der Waals surface area contributed by atoms with Gasteiger partial charge in [-0.05, 0) is 60.9 Å². The van der Waals surface area contributed by atoms with Gasteiger partial charge in [-0.1, -0.05) is 30.0 Å². The number of anilines is 1. The van der Waals surface area contributed by atoms with E-state index in [1.54, 1.807) is 18.1 Å². The van der Waals surface area contributed by atoms with Gasteiger partial charge in [-0.3, -0.25) is 14.5 Å². The highest BCUT2D eigenvalue weighted by Crippen LogP contribution is 2.31. The minimum absolute atomic E-state index is 0.0692. The fourth-order valence-electron chi connectivity index (χ4n) is 2.94. The van der Waals surface area contributed by atoms with Crippen molar-refractivity contribution in [1.82, 2.24) is 0 Å². The first-order chi connectivity index (χ1) is 13.9. The number of hydrogen-bond donors (Lipinski definition) is 0. The topological polar surface area (TPSA) is 68.2 Å². The number of esters is 1. The van der Waals surface area contributed by atoms with Crippen LogP contribution in [0.3, 0.4) is 0 Å². The van der Waals surface area contributed by atoms with Gasteiger partial charge in [-0.15, -0.1) is 0 Å². The second kappa shape index (κ2) is 8.96. The molecule has 0 saturated heterocycles. The minimum Gasteiger partial charge on any atom is -0.497 e. The summed E-state index contributed by atoms with van der Waals surface area (Å²) in [6.07, 6.45) is 1.73. The lowest BCUT2D eigenvalue weighted by Crippen LogP contribution is -2.31. The fourth-order valence-corrected chi connectivity index (χ4v) is 3.79. The number of benzene rings is 2. The zero-order valence-electron chi connectivity index (χ0n) is 16.8. The summed E-state index contributed by atoms with van der Waals surface area (Å²) in [5.74, 6) is 0.190. The van der Waals surface area contributed by atoms with Crippen molar-refractivity contribution in [2.24, 2.45) is 4.99 Å². The number of amides is 1. The standard InChI is InChI=1S/C22H22N2O4S/c1-14-9-15(2)11-17(10-14)24-21(26)19(23-22(24)29-13-20(25)28-4)12-16-5-7-18(27-3)8-6-16/h5-12H,13H2,1-4H3. The second-order valence-electron chi connectivity index (χ2n) is 6.55. The first-order valence-corrected chi connectivity index (χ1v) is 9.96. The highest BCUT2D eigenvalue weighted by molar-refractivity contribution is 8.14. The van der Waals surface area contributed by atoms with E-state index in [0.29, 0.717) is 10.9 Å². The van der Waals surface area contributed by atoms with Gasteiger partial charge in [0.1, 0.15) is 11.4 Å². The third-order valence-electron chi connectivity index (χ3n) is 4.26. The molecular weight excluding hydrogens is 388 g/mol. The van der Waals surface area contributed by atoms with E-state index in [9.17, 15) is 9.59 Å². The van der Waals surface area contributed by atoms with E-state index in [0.717, 1.165) is 28.1 Å². The zero-order chi connectivity index (χ0) is 21.0. The fraction of sp³-hybridized carbons (Fsp3) is 0.227. The van der Waals surface area contributed by atoms with Gasteiger partial charge >= 0.3 is 5.97 Å². The Morgan fingerprint density at radius 3 is 2.34 bits per heavy atom. The molecular formula is C22H22N2O4S. The average molecular weight is 410 g/mol. The van der Waals surface area contributed by atoms with E-state index in [1.807, 2.05) is 56.3 Å². The van der Waals surface area contributed by atoms with Crippen LogP contribution in [0, 0.1) is 13.8 Å². The highest BCUT2D eigenvalue weighted by atomic mass is 32.2. The number of carbonyl (C=O) groups excluding carboxylic acids is 2. The molecule has 150 valence electrons. The molecule has 0 saturated carbocycles. The van der Waals surface area contributed by atoms with Gasteiger partial charge in [0.25, 0.3) is 5.91 Å². The van der Waals surface area contributed by atoms with Crippen molar-refractivity contribution >= 4 is 40.6 Å². The van der Waals surface area contributed by atoms with Crippen LogP contribution in [0.1, 0.15) is 16.7 Å². The van der Waals surface area contributed by atoms with Crippen molar-refractivity contribution in [2.45, 2.75) is 13.8 Å². The Kier molecular flexibility index (Phi) is 6.39. The number of thioether (sulfide) groups is 1. The Bertz CT molecular complexity index is 976. The molecule has 6 nitrogen and oxygen atoms in total. The average Bonchev–Trinajstić information content (AvgIpc) is 3.01. The Morgan fingerprint density at radius 2 is 1.76 bits per heavy atom. The zero-order valence-corrected chi connectivity index (χ0v) is 17.6. The number of carbonyl (C=O) groups is 2. The molecule has 0 aliphatic carbocycles. The van der Waals surface area contributed by atoms with E-state index in [-0.39, 0.29) is 17.6 Å². The van der Waals surface area contributed by atoms with Crippen molar-refractivity contribution in [3.8, 4) is 5.75 Å². The second-order valence-corrected chi connectivity index (χ2v) is 7.49. The molecule has 1 aliphatic heterocycles. The maximum absolute atomic E-state index is 13.2. The van der Waals surface area contributed by atoms with Crippen LogP contribution in [-0.2, 0) is 14.3 Å². The Balaban J connectivity index is 1.97. The number of aliphatic imine (C=N–C) groups is 1. The molecule has 7 heteroatoms. The quantitative estimate of drug-likeness (QED) is 0.551. The molecule has 29 heavy (non-hydrogen) atoms. The van der Waals surface area contributed by atoms with E-state index >= 15 is 0 Å². The van der Waals surface area contributed by atoms with Gasteiger partial charge in [0, 0.05) is 0 Å². The lowest BCUT2D eigenvalue weighted by Gasteiger charge is -2.18. The molecule has 1 amide bonds. The van der Waals surface area contributed by atoms with Crippen molar-refractivity contribution in [3.05, 3.63) is 64.9 Å². The van der Waals surface area contributed by atoms with Gasteiger partial charge < -0.3 is 9.47 Å². The Labute approximate surface area is 174 Å². The number of aryl methyl sites for hydroxylation is 2. The van der Waals surface area contributed by atoms with Crippen LogP contribution in [0.4, 0.5) is 5.69 Å². The minimum atomic E-state index is -0.377. The molecule has 1 heterocycles. The van der Waals surface area contributed by atoms with Gasteiger partial charge in [-0.2, -0.15) is 0 Å². The van der Waals surface area contributed by atoms with Gasteiger partial charge in [0.2, 0.25) is 0 Å². The molecule has 0 fully saturated rings. The van der Waals surface area contributed by atoms with Gasteiger partial charge in [0.05, 0.1) is 25.7 Å². The molecule has 2 aromatic carbocycles. The van der Waals surface area contributed by atoms with Crippen molar-refractivity contribution in [3.63, 3.8) is 0 Å². The van der Waals surface area contributed by atoms with Gasteiger partial charge in [-0.25, -0.2) is 4.99 Å². The first kappa shape index (κ1) is 20.7. The van der Waals surface area contributed by atoms with E-state index in [1.165, 1.54) is 18.9 Å².